The van der Waals surface area contributed by atoms with Gasteiger partial charge in [0.1, 0.15) is 0 Å². The summed E-state index contributed by atoms with van der Waals surface area (Å²) in [7, 11) is -3.23. The van der Waals surface area contributed by atoms with Gasteiger partial charge < -0.3 is 5.32 Å². The van der Waals surface area contributed by atoms with Crippen LogP contribution in [0.5, 0.6) is 0 Å². The average Bonchev–Trinajstić information content (AvgIpc) is 2.30. The molecule has 1 aliphatic heterocycles. The molecule has 0 radical (unpaired) electrons. The Kier molecular flexibility index (Phi) is 3.79. The highest BCUT2D eigenvalue weighted by Crippen LogP contribution is 2.17. The number of pyridine rings is 1. The highest BCUT2D eigenvalue weighted by atomic mass is 32.2. The first-order chi connectivity index (χ1) is 8.08. The monoisotopic (exact) mass is 254 g/mol. The summed E-state index contributed by atoms with van der Waals surface area (Å²) in [6.07, 6.45) is 3.60. The molecule has 2 heterocycles. The number of nitrogens with zero attached hydrogens (tertiary/aromatic N) is 1. The molecule has 17 heavy (non-hydrogen) atoms. The van der Waals surface area contributed by atoms with Crippen LogP contribution in [0.3, 0.4) is 0 Å². The van der Waals surface area contributed by atoms with Crippen LogP contribution in [0.4, 0.5) is 0 Å². The molecule has 4 nitrogen and oxygen atoms in total. The molecule has 1 fully saturated rings. The van der Waals surface area contributed by atoms with E-state index in [9.17, 15) is 8.42 Å². The molecule has 0 bridgehead atoms. The predicted octanol–water partition coefficient (Wildman–Crippen LogP) is 1.16. The number of aromatic nitrogens is 1. The fourth-order valence-corrected chi connectivity index (χ4v) is 3.80. The summed E-state index contributed by atoms with van der Waals surface area (Å²) < 4.78 is 24.3. The van der Waals surface area contributed by atoms with Gasteiger partial charge in [-0.3, -0.25) is 0 Å². The van der Waals surface area contributed by atoms with Crippen molar-refractivity contribution in [2.24, 2.45) is 5.92 Å². The summed E-state index contributed by atoms with van der Waals surface area (Å²) in [5, 5.41) is 3.45. The SMILES string of the molecule is Cc1ccnc(S(=O)(=O)C[C@H]2CCCNC2)c1. The molecule has 1 N–H and O–H groups in total. The maximum Gasteiger partial charge on any atom is 0.195 e. The van der Waals surface area contributed by atoms with Crippen LogP contribution < -0.4 is 5.32 Å². The van der Waals surface area contributed by atoms with Gasteiger partial charge in [-0.05, 0) is 56.5 Å². The first-order valence-electron chi connectivity index (χ1n) is 5.94. The second-order valence-corrected chi connectivity index (χ2v) is 6.65. The van der Waals surface area contributed by atoms with Gasteiger partial charge in [-0.1, -0.05) is 0 Å². The Bertz CT molecular complexity index is 479. The van der Waals surface area contributed by atoms with Gasteiger partial charge in [-0.15, -0.1) is 0 Å². The zero-order valence-corrected chi connectivity index (χ0v) is 10.8. The Morgan fingerprint density at radius 3 is 3.00 bits per heavy atom. The minimum Gasteiger partial charge on any atom is -0.316 e. The van der Waals surface area contributed by atoms with Gasteiger partial charge in [0.15, 0.2) is 14.9 Å². The first-order valence-corrected chi connectivity index (χ1v) is 7.59. The number of hydrogen-bond donors (Lipinski definition) is 1. The molecule has 1 aliphatic rings. The van der Waals surface area contributed by atoms with Crippen LogP contribution in [0.1, 0.15) is 18.4 Å². The molecular formula is C12H18N2O2S. The van der Waals surface area contributed by atoms with E-state index >= 15 is 0 Å². The number of sulfone groups is 1. The maximum atomic E-state index is 12.2. The van der Waals surface area contributed by atoms with Crippen molar-refractivity contribution in [3.05, 3.63) is 23.9 Å². The minimum absolute atomic E-state index is 0.205. The van der Waals surface area contributed by atoms with Crippen LogP contribution in [0.15, 0.2) is 23.4 Å². The molecule has 1 atom stereocenters. The van der Waals surface area contributed by atoms with Crippen molar-refractivity contribution >= 4 is 9.84 Å². The topological polar surface area (TPSA) is 59.1 Å². The fraction of sp³-hybridized carbons (Fsp3) is 0.583. The van der Waals surface area contributed by atoms with E-state index in [2.05, 4.69) is 10.3 Å². The van der Waals surface area contributed by atoms with E-state index in [1.165, 1.54) is 0 Å². The Balaban J connectivity index is 2.13. The minimum atomic E-state index is -3.23. The van der Waals surface area contributed by atoms with Crippen LogP contribution >= 0.6 is 0 Å². The average molecular weight is 254 g/mol. The van der Waals surface area contributed by atoms with E-state index in [0.29, 0.717) is 0 Å². The molecule has 1 aromatic rings. The Morgan fingerprint density at radius 1 is 1.53 bits per heavy atom. The molecule has 0 aliphatic carbocycles. The van der Waals surface area contributed by atoms with Gasteiger partial charge >= 0.3 is 0 Å². The van der Waals surface area contributed by atoms with Crippen molar-refractivity contribution < 1.29 is 8.42 Å². The van der Waals surface area contributed by atoms with Gasteiger partial charge in [0.25, 0.3) is 0 Å². The molecule has 5 heteroatoms. The lowest BCUT2D eigenvalue weighted by Crippen LogP contribution is -2.33. The van der Waals surface area contributed by atoms with E-state index in [-0.39, 0.29) is 16.7 Å². The van der Waals surface area contributed by atoms with Crippen molar-refractivity contribution in [3.63, 3.8) is 0 Å². The standard InChI is InChI=1S/C12H18N2O2S/c1-10-4-6-14-12(7-10)17(15,16)9-11-3-2-5-13-8-11/h4,6-7,11,13H,2-3,5,8-9H2,1H3/t11-/m0/s1. The van der Waals surface area contributed by atoms with Gasteiger partial charge in [0, 0.05) is 6.20 Å². The number of nitrogens with one attached hydrogen (secondary N) is 1. The van der Waals surface area contributed by atoms with E-state index in [0.717, 1.165) is 31.5 Å². The molecule has 0 spiro atoms. The molecule has 1 aromatic heterocycles. The van der Waals surface area contributed by atoms with E-state index in [1.54, 1.807) is 18.3 Å². The van der Waals surface area contributed by atoms with Gasteiger partial charge in [-0.2, -0.15) is 0 Å². The summed E-state index contributed by atoms with van der Waals surface area (Å²) in [6.45, 7) is 3.67. The lowest BCUT2D eigenvalue weighted by Gasteiger charge is -2.22. The van der Waals surface area contributed by atoms with Crippen molar-refractivity contribution in [2.75, 3.05) is 18.8 Å². The van der Waals surface area contributed by atoms with Crippen molar-refractivity contribution in [1.29, 1.82) is 0 Å². The quantitative estimate of drug-likeness (QED) is 0.879. The van der Waals surface area contributed by atoms with Crippen LogP contribution in [0, 0.1) is 12.8 Å². The lowest BCUT2D eigenvalue weighted by atomic mass is 10.0. The second-order valence-electron chi connectivity index (χ2n) is 4.67. The van der Waals surface area contributed by atoms with Crippen LogP contribution in [0.2, 0.25) is 0 Å². The molecule has 0 aromatic carbocycles. The van der Waals surface area contributed by atoms with Crippen LogP contribution in [-0.2, 0) is 9.84 Å². The first kappa shape index (κ1) is 12.5. The van der Waals surface area contributed by atoms with Gasteiger partial charge in [0.05, 0.1) is 5.75 Å². The van der Waals surface area contributed by atoms with Crippen molar-refractivity contribution in [1.82, 2.24) is 10.3 Å². The fourth-order valence-electron chi connectivity index (χ4n) is 2.14. The zero-order chi connectivity index (χ0) is 12.3. The largest absolute Gasteiger partial charge is 0.316 e. The zero-order valence-electron chi connectivity index (χ0n) is 10.0. The lowest BCUT2D eigenvalue weighted by molar-refractivity contribution is 0.403. The molecule has 0 saturated carbocycles. The third-order valence-corrected chi connectivity index (χ3v) is 4.83. The van der Waals surface area contributed by atoms with Gasteiger partial charge in [-0.25, -0.2) is 13.4 Å². The smallest absolute Gasteiger partial charge is 0.195 e. The summed E-state index contributed by atoms with van der Waals surface area (Å²) in [4.78, 5) is 3.97. The normalized spacial score (nSPS) is 21.4. The third-order valence-electron chi connectivity index (χ3n) is 3.06. The summed E-state index contributed by atoms with van der Waals surface area (Å²) in [5.74, 6) is 0.423. The Hall–Kier alpha value is -0.940. The molecule has 0 amide bonds. The highest BCUT2D eigenvalue weighted by Gasteiger charge is 2.23. The third kappa shape index (κ3) is 3.26. The summed E-state index contributed by atoms with van der Waals surface area (Å²) in [6, 6.07) is 3.45. The van der Waals surface area contributed by atoms with Crippen molar-refractivity contribution in [2.45, 2.75) is 24.8 Å². The van der Waals surface area contributed by atoms with Crippen molar-refractivity contribution in [3.8, 4) is 0 Å². The number of aryl methyl sites for hydroxylation is 1. The van der Waals surface area contributed by atoms with Crippen LogP contribution in [-0.4, -0.2) is 32.2 Å². The second kappa shape index (κ2) is 5.14. The summed E-state index contributed by atoms with van der Waals surface area (Å²) in [5.41, 5.74) is 0.931. The molecule has 94 valence electrons. The maximum absolute atomic E-state index is 12.2. The van der Waals surface area contributed by atoms with Gasteiger partial charge in [0.2, 0.25) is 0 Å². The number of piperidine rings is 1. The number of rotatable bonds is 3. The predicted molar refractivity (Wildman–Crippen MR) is 66.6 cm³/mol. The Morgan fingerprint density at radius 2 is 2.35 bits per heavy atom. The summed E-state index contributed by atoms with van der Waals surface area (Å²) >= 11 is 0. The Labute approximate surface area is 102 Å². The van der Waals surface area contributed by atoms with E-state index in [4.69, 9.17) is 0 Å². The van der Waals surface area contributed by atoms with E-state index < -0.39 is 9.84 Å². The number of hydrogen-bond acceptors (Lipinski definition) is 4. The molecular weight excluding hydrogens is 236 g/mol. The molecule has 2 rings (SSSR count). The molecule has 0 unspecified atom stereocenters. The van der Waals surface area contributed by atoms with Crippen LogP contribution in [0.25, 0.3) is 0 Å². The van der Waals surface area contributed by atoms with E-state index in [1.807, 2.05) is 6.92 Å². The molecule has 1 saturated heterocycles. The highest BCUT2D eigenvalue weighted by molar-refractivity contribution is 7.91.